The molecular formula is C12H10FNO3. The van der Waals surface area contributed by atoms with E-state index in [1.807, 2.05) is 0 Å². The summed E-state index contributed by atoms with van der Waals surface area (Å²) in [5, 5.41) is 11.9. The first-order valence-corrected chi connectivity index (χ1v) is 4.95. The molecule has 0 atom stereocenters. The van der Waals surface area contributed by atoms with Crippen LogP contribution < -0.4 is 5.32 Å². The second kappa shape index (κ2) is 4.69. The van der Waals surface area contributed by atoms with E-state index in [9.17, 15) is 14.3 Å². The van der Waals surface area contributed by atoms with Gasteiger partial charge in [-0.3, -0.25) is 4.79 Å². The van der Waals surface area contributed by atoms with Crippen molar-refractivity contribution in [2.24, 2.45) is 0 Å². The van der Waals surface area contributed by atoms with Crippen molar-refractivity contribution in [1.82, 2.24) is 5.32 Å². The lowest BCUT2D eigenvalue weighted by Crippen LogP contribution is -2.23. The molecule has 2 rings (SSSR count). The van der Waals surface area contributed by atoms with Crippen LogP contribution in [0.1, 0.15) is 15.9 Å². The molecule has 2 N–H and O–H groups in total. The van der Waals surface area contributed by atoms with Crippen LogP contribution >= 0.6 is 0 Å². The number of carbonyl (C=O) groups is 1. The molecule has 0 fully saturated rings. The van der Waals surface area contributed by atoms with Gasteiger partial charge in [0, 0.05) is 12.1 Å². The van der Waals surface area contributed by atoms with Gasteiger partial charge in [-0.05, 0) is 18.2 Å². The zero-order chi connectivity index (χ0) is 12.3. The Morgan fingerprint density at radius 2 is 2.24 bits per heavy atom. The van der Waals surface area contributed by atoms with E-state index >= 15 is 0 Å². The monoisotopic (exact) mass is 235 g/mol. The fraction of sp³-hybridized carbons (Fsp3) is 0.0833. The highest BCUT2D eigenvalue weighted by Gasteiger charge is 2.15. The Balaban J connectivity index is 2.10. The highest BCUT2D eigenvalue weighted by Crippen LogP contribution is 2.19. The van der Waals surface area contributed by atoms with Gasteiger partial charge in [0.05, 0.1) is 12.5 Å². The molecule has 0 aliphatic rings. The summed E-state index contributed by atoms with van der Waals surface area (Å²) in [6.45, 7) is 0.211. The second-order valence-electron chi connectivity index (χ2n) is 3.45. The minimum Gasteiger partial charge on any atom is -0.507 e. The number of nitrogens with one attached hydrogen (secondary N) is 1. The van der Waals surface area contributed by atoms with E-state index in [4.69, 9.17) is 4.42 Å². The Labute approximate surface area is 96.7 Å². The lowest BCUT2D eigenvalue weighted by molar-refractivity contribution is 0.0944. The highest BCUT2D eigenvalue weighted by molar-refractivity contribution is 5.97. The molecule has 2 aromatic rings. The van der Waals surface area contributed by atoms with Gasteiger partial charge in [0.25, 0.3) is 5.91 Å². The molecule has 0 spiro atoms. The van der Waals surface area contributed by atoms with Crippen LogP contribution in [0.15, 0.2) is 41.2 Å². The third-order valence-corrected chi connectivity index (χ3v) is 2.25. The summed E-state index contributed by atoms with van der Waals surface area (Å²) in [6, 6.07) is 5.39. The van der Waals surface area contributed by atoms with E-state index in [1.54, 1.807) is 6.07 Å². The SMILES string of the molecule is O=C(NCc1ccoc1)c1c(O)cccc1F. The van der Waals surface area contributed by atoms with Crippen molar-refractivity contribution in [3.8, 4) is 5.75 Å². The van der Waals surface area contributed by atoms with Gasteiger partial charge in [-0.25, -0.2) is 4.39 Å². The van der Waals surface area contributed by atoms with Crippen LogP contribution in [-0.4, -0.2) is 11.0 Å². The first-order chi connectivity index (χ1) is 8.18. The number of phenols is 1. The van der Waals surface area contributed by atoms with E-state index in [-0.39, 0.29) is 17.9 Å². The molecule has 17 heavy (non-hydrogen) atoms. The maximum absolute atomic E-state index is 13.3. The van der Waals surface area contributed by atoms with Gasteiger partial charge in [0.1, 0.15) is 17.1 Å². The molecule has 0 aliphatic heterocycles. The van der Waals surface area contributed by atoms with E-state index < -0.39 is 11.7 Å². The van der Waals surface area contributed by atoms with Crippen molar-refractivity contribution in [2.45, 2.75) is 6.54 Å². The molecule has 5 heteroatoms. The van der Waals surface area contributed by atoms with Crippen molar-refractivity contribution in [1.29, 1.82) is 0 Å². The topological polar surface area (TPSA) is 62.5 Å². The number of aromatic hydroxyl groups is 1. The Morgan fingerprint density at radius 3 is 2.88 bits per heavy atom. The average Bonchev–Trinajstić information content (AvgIpc) is 2.79. The lowest BCUT2D eigenvalue weighted by atomic mass is 10.1. The van der Waals surface area contributed by atoms with E-state index in [2.05, 4.69) is 5.32 Å². The summed E-state index contributed by atoms with van der Waals surface area (Å²) >= 11 is 0. The molecule has 0 bridgehead atoms. The fourth-order valence-electron chi connectivity index (χ4n) is 1.40. The largest absolute Gasteiger partial charge is 0.507 e. The molecule has 1 heterocycles. The molecule has 0 saturated heterocycles. The summed E-state index contributed by atoms with van der Waals surface area (Å²) in [6.07, 6.45) is 2.95. The van der Waals surface area contributed by atoms with Crippen LogP contribution in [0, 0.1) is 5.82 Å². The van der Waals surface area contributed by atoms with Gasteiger partial charge in [0.2, 0.25) is 0 Å². The summed E-state index contributed by atoms with van der Waals surface area (Å²) in [5.41, 5.74) is 0.408. The predicted octanol–water partition coefficient (Wildman–Crippen LogP) is 2.05. The van der Waals surface area contributed by atoms with Gasteiger partial charge in [0.15, 0.2) is 0 Å². The second-order valence-corrected chi connectivity index (χ2v) is 3.45. The number of benzene rings is 1. The van der Waals surface area contributed by atoms with Crippen LogP contribution in [0.5, 0.6) is 5.75 Å². The molecule has 1 amide bonds. The van der Waals surface area contributed by atoms with E-state index in [0.717, 1.165) is 11.6 Å². The summed E-state index contributed by atoms with van der Waals surface area (Å²) in [5.74, 6) is -1.80. The molecule has 1 aromatic carbocycles. The van der Waals surface area contributed by atoms with Crippen molar-refractivity contribution in [3.63, 3.8) is 0 Å². The molecule has 4 nitrogen and oxygen atoms in total. The maximum Gasteiger partial charge on any atom is 0.258 e. The number of rotatable bonds is 3. The van der Waals surface area contributed by atoms with Gasteiger partial charge >= 0.3 is 0 Å². The molecule has 0 radical (unpaired) electrons. The third kappa shape index (κ3) is 2.44. The number of phenolic OH excluding ortho intramolecular Hbond substituents is 1. The fourth-order valence-corrected chi connectivity index (χ4v) is 1.40. The smallest absolute Gasteiger partial charge is 0.258 e. The van der Waals surface area contributed by atoms with Gasteiger partial charge in [-0.2, -0.15) is 0 Å². The number of furan rings is 1. The Hall–Kier alpha value is -2.30. The van der Waals surface area contributed by atoms with Crippen LogP contribution in [0.2, 0.25) is 0 Å². The molecule has 0 saturated carbocycles. The summed E-state index contributed by atoms with van der Waals surface area (Å²) < 4.78 is 18.2. The quantitative estimate of drug-likeness (QED) is 0.855. The maximum atomic E-state index is 13.3. The number of halogens is 1. The minimum atomic E-state index is -0.755. The first-order valence-electron chi connectivity index (χ1n) is 4.95. The molecule has 0 aliphatic carbocycles. The Morgan fingerprint density at radius 1 is 1.41 bits per heavy atom. The Bertz CT molecular complexity index is 502. The minimum absolute atomic E-state index is 0.211. The number of carbonyl (C=O) groups excluding carboxylic acids is 1. The molecule has 1 aromatic heterocycles. The summed E-state index contributed by atoms with van der Waals surface area (Å²) in [4.78, 5) is 11.6. The standard InChI is InChI=1S/C12H10FNO3/c13-9-2-1-3-10(15)11(9)12(16)14-6-8-4-5-17-7-8/h1-5,7,15H,6H2,(H,14,16). The average molecular weight is 235 g/mol. The number of hydrogen-bond acceptors (Lipinski definition) is 3. The van der Waals surface area contributed by atoms with Crippen LogP contribution in [0.25, 0.3) is 0 Å². The zero-order valence-corrected chi connectivity index (χ0v) is 8.81. The van der Waals surface area contributed by atoms with Crippen LogP contribution in [-0.2, 0) is 6.54 Å². The van der Waals surface area contributed by atoms with Crippen molar-refractivity contribution >= 4 is 5.91 Å². The van der Waals surface area contributed by atoms with Crippen molar-refractivity contribution < 1.29 is 18.7 Å². The normalized spacial score (nSPS) is 10.2. The molecule has 0 unspecified atom stereocenters. The highest BCUT2D eigenvalue weighted by atomic mass is 19.1. The van der Waals surface area contributed by atoms with E-state index in [0.29, 0.717) is 0 Å². The zero-order valence-electron chi connectivity index (χ0n) is 8.81. The number of hydrogen-bond donors (Lipinski definition) is 2. The third-order valence-electron chi connectivity index (χ3n) is 2.25. The van der Waals surface area contributed by atoms with Gasteiger partial charge in [-0.15, -0.1) is 0 Å². The summed E-state index contributed by atoms with van der Waals surface area (Å²) in [7, 11) is 0. The van der Waals surface area contributed by atoms with Gasteiger partial charge < -0.3 is 14.8 Å². The molecule has 88 valence electrons. The van der Waals surface area contributed by atoms with Gasteiger partial charge in [-0.1, -0.05) is 6.07 Å². The predicted molar refractivity (Wildman–Crippen MR) is 57.9 cm³/mol. The van der Waals surface area contributed by atoms with Crippen LogP contribution in [0.3, 0.4) is 0 Å². The van der Waals surface area contributed by atoms with Crippen molar-refractivity contribution in [3.05, 3.63) is 53.7 Å². The Kier molecular flexibility index (Phi) is 3.09. The first kappa shape index (κ1) is 11.2. The van der Waals surface area contributed by atoms with Crippen molar-refractivity contribution in [2.75, 3.05) is 0 Å². The lowest BCUT2D eigenvalue weighted by Gasteiger charge is -2.06. The van der Waals surface area contributed by atoms with E-state index in [1.165, 1.54) is 24.7 Å². The molecular weight excluding hydrogens is 225 g/mol. The van der Waals surface area contributed by atoms with Crippen LogP contribution in [0.4, 0.5) is 4.39 Å². The number of amides is 1.